The number of anilines is 1. The second-order valence-electron chi connectivity index (χ2n) is 6.88. The smallest absolute Gasteiger partial charge is 0.255 e. The number of carbonyl (C=O) groups excluding carboxylic acids is 2. The van der Waals surface area contributed by atoms with Crippen molar-refractivity contribution in [2.24, 2.45) is 0 Å². The van der Waals surface area contributed by atoms with Crippen molar-refractivity contribution in [1.82, 2.24) is 4.90 Å². The van der Waals surface area contributed by atoms with E-state index >= 15 is 0 Å². The highest BCUT2D eigenvalue weighted by molar-refractivity contribution is 6.04. The third-order valence-corrected chi connectivity index (χ3v) is 4.78. The van der Waals surface area contributed by atoms with Crippen LogP contribution in [0.4, 0.5) is 5.69 Å². The Kier molecular flexibility index (Phi) is 6.06. The summed E-state index contributed by atoms with van der Waals surface area (Å²) in [6.07, 6.45) is 0. The predicted molar refractivity (Wildman–Crippen MR) is 114 cm³/mol. The number of ether oxygens (including phenoxy) is 2. The number of hydrogen-bond donors (Lipinski definition) is 1. The maximum atomic E-state index is 12.5. The van der Waals surface area contributed by atoms with Gasteiger partial charge in [0.05, 0.1) is 13.2 Å². The van der Waals surface area contributed by atoms with E-state index in [1.807, 2.05) is 30.3 Å². The molecule has 3 aromatic rings. The molecule has 1 heterocycles. The van der Waals surface area contributed by atoms with Gasteiger partial charge in [0.1, 0.15) is 11.5 Å². The monoisotopic (exact) mass is 402 g/mol. The van der Waals surface area contributed by atoms with Gasteiger partial charge in [0, 0.05) is 29.9 Å². The highest BCUT2D eigenvalue weighted by atomic mass is 16.5. The fourth-order valence-electron chi connectivity index (χ4n) is 3.15. The molecule has 2 amide bonds. The predicted octanol–water partition coefficient (Wildman–Crippen LogP) is 4.20. The van der Waals surface area contributed by atoms with Gasteiger partial charge in [-0.05, 0) is 60.7 Å². The summed E-state index contributed by atoms with van der Waals surface area (Å²) in [4.78, 5) is 26.8. The van der Waals surface area contributed by atoms with Crippen LogP contribution in [0.3, 0.4) is 0 Å². The Hall–Kier alpha value is -3.64. The van der Waals surface area contributed by atoms with Crippen molar-refractivity contribution < 1.29 is 19.1 Å². The minimum absolute atomic E-state index is 0.0230. The molecule has 4 rings (SSSR count). The number of nitrogens with one attached hydrogen (secondary N) is 1. The standard InChI is InChI=1S/C24H22N2O4/c27-23(18-8-12-22(13-9-18)30-21-4-2-1-3-5-21)25-20-10-6-19(7-11-20)24(28)26-14-16-29-17-15-26/h1-13H,14-17H2,(H,25,27). The van der Waals surface area contributed by atoms with E-state index in [9.17, 15) is 9.59 Å². The maximum Gasteiger partial charge on any atom is 0.255 e. The molecule has 6 nitrogen and oxygen atoms in total. The highest BCUT2D eigenvalue weighted by Crippen LogP contribution is 2.21. The lowest BCUT2D eigenvalue weighted by Gasteiger charge is -2.26. The Labute approximate surface area is 175 Å². The number of carbonyl (C=O) groups is 2. The molecule has 0 unspecified atom stereocenters. The van der Waals surface area contributed by atoms with Crippen LogP contribution in [-0.2, 0) is 4.74 Å². The summed E-state index contributed by atoms with van der Waals surface area (Å²) in [5.74, 6) is 1.14. The van der Waals surface area contributed by atoms with Crippen molar-refractivity contribution in [3.8, 4) is 11.5 Å². The van der Waals surface area contributed by atoms with Gasteiger partial charge in [0.15, 0.2) is 0 Å². The Morgan fingerprint density at radius 2 is 1.37 bits per heavy atom. The van der Waals surface area contributed by atoms with E-state index in [2.05, 4.69) is 5.32 Å². The summed E-state index contributed by atoms with van der Waals surface area (Å²) < 4.78 is 11.0. The summed E-state index contributed by atoms with van der Waals surface area (Å²) in [5, 5.41) is 2.85. The molecule has 0 radical (unpaired) electrons. The molecular weight excluding hydrogens is 380 g/mol. The van der Waals surface area contributed by atoms with E-state index in [4.69, 9.17) is 9.47 Å². The Morgan fingerprint density at radius 3 is 2.03 bits per heavy atom. The Bertz CT molecular complexity index is 996. The number of rotatable bonds is 5. The average molecular weight is 402 g/mol. The summed E-state index contributed by atoms with van der Waals surface area (Å²) in [5.41, 5.74) is 1.74. The number of morpholine rings is 1. The van der Waals surface area contributed by atoms with Crippen molar-refractivity contribution >= 4 is 17.5 Å². The van der Waals surface area contributed by atoms with Crippen LogP contribution in [-0.4, -0.2) is 43.0 Å². The van der Waals surface area contributed by atoms with Gasteiger partial charge in [-0.25, -0.2) is 0 Å². The van der Waals surface area contributed by atoms with E-state index in [0.29, 0.717) is 48.9 Å². The van der Waals surface area contributed by atoms with Gasteiger partial charge >= 0.3 is 0 Å². The lowest BCUT2D eigenvalue weighted by molar-refractivity contribution is 0.0303. The van der Waals surface area contributed by atoms with Crippen LogP contribution in [0.5, 0.6) is 11.5 Å². The van der Waals surface area contributed by atoms with Gasteiger partial charge < -0.3 is 19.7 Å². The third-order valence-electron chi connectivity index (χ3n) is 4.78. The van der Waals surface area contributed by atoms with Gasteiger partial charge in [-0.3, -0.25) is 9.59 Å². The number of benzene rings is 3. The molecule has 0 atom stereocenters. The van der Waals surface area contributed by atoms with E-state index in [1.54, 1.807) is 53.4 Å². The zero-order valence-electron chi connectivity index (χ0n) is 16.4. The fraction of sp³-hybridized carbons (Fsp3) is 0.167. The van der Waals surface area contributed by atoms with Crippen LogP contribution in [0, 0.1) is 0 Å². The van der Waals surface area contributed by atoms with Crippen molar-refractivity contribution in [1.29, 1.82) is 0 Å². The van der Waals surface area contributed by atoms with Crippen LogP contribution in [0.25, 0.3) is 0 Å². The van der Waals surface area contributed by atoms with E-state index in [0.717, 1.165) is 5.75 Å². The quantitative estimate of drug-likeness (QED) is 0.694. The second kappa shape index (κ2) is 9.24. The van der Waals surface area contributed by atoms with Crippen LogP contribution in [0.15, 0.2) is 78.9 Å². The van der Waals surface area contributed by atoms with E-state index < -0.39 is 0 Å². The SMILES string of the molecule is O=C(Nc1ccc(C(=O)N2CCOCC2)cc1)c1ccc(Oc2ccccc2)cc1. The Morgan fingerprint density at radius 1 is 0.767 bits per heavy atom. The number of amides is 2. The van der Waals surface area contributed by atoms with Crippen molar-refractivity contribution in [3.63, 3.8) is 0 Å². The first-order valence-corrected chi connectivity index (χ1v) is 9.80. The third kappa shape index (κ3) is 4.85. The molecule has 1 aliphatic rings. The van der Waals surface area contributed by atoms with Gasteiger partial charge in [-0.1, -0.05) is 18.2 Å². The molecule has 0 aliphatic carbocycles. The molecule has 0 aromatic heterocycles. The molecule has 0 spiro atoms. The molecule has 1 saturated heterocycles. The molecule has 0 saturated carbocycles. The minimum atomic E-state index is -0.228. The van der Waals surface area contributed by atoms with Crippen molar-refractivity contribution in [2.75, 3.05) is 31.6 Å². The van der Waals surface area contributed by atoms with E-state index in [1.165, 1.54) is 0 Å². The van der Waals surface area contributed by atoms with Gasteiger partial charge in [0.25, 0.3) is 11.8 Å². The topological polar surface area (TPSA) is 67.9 Å². The van der Waals surface area contributed by atoms with Crippen LogP contribution >= 0.6 is 0 Å². The first-order chi connectivity index (χ1) is 14.7. The molecule has 30 heavy (non-hydrogen) atoms. The summed E-state index contributed by atoms with van der Waals surface area (Å²) >= 11 is 0. The second-order valence-corrected chi connectivity index (χ2v) is 6.88. The first kappa shape index (κ1) is 19.7. The molecular formula is C24H22N2O4. The lowest BCUT2D eigenvalue weighted by Crippen LogP contribution is -2.40. The zero-order chi connectivity index (χ0) is 20.8. The van der Waals surface area contributed by atoms with Crippen LogP contribution < -0.4 is 10.1 Å². The van der Waals surface area contributed by atoms with Gasteiger partial charge in [-0.2, -0.15) is 0 Å². The number of hydrogen-bond acceptors (Lipinski definition) is 4. The van der Waals surface area contributed by atoms with Crippen molar-refractivity contribution in [3.05, 3.63) is 90.0 Å². The Balaban J connectivity index is 1.35. The number of para-hydroxylation sites is 1. The molecule has 1 fully saturated rings. The summed E-state index contributed by atoms with van der Waals surface area (Å²) in [7, 11) is 0. The largest absolute Gasteiger partial charge is 0.457 e. The fourth-order valence-corrected chi connectivity index (χ4v) is 3.15. The number of nitrogens with zero attached hydrogens (tertiary/aromatic N) is 1. The average Bonchev–Trinajstić information content (AvgIpc) is 2.81. The zero-order valence-corrected chi connectivity index (χ0v) is 16.4. The molecule has 1 N–H and O–H groups in total. The molecule has 0 bridgehead atoms. The molecule has 3 aromatic carbocycles. The highest BCUT2D eigenvalue weighted by Gasteiger charge is 2.18. The van der Waals surface area contributed by atoms with E-state index in [-0.39, 0.29) is 11.8 Å². The lowest BCUT2D eigenvalue weighted by atomic mass is 10.1. The summed E-state index contributed by atoms with van der Waals surface area (Å²) in [6.45, 7) is 2.33. The normalized spacial score (nSPS) is 13.5. The van der Waals surface area contributed by atoms with Crippen molar-refractivity contribution in [2.45, 2.75) is 0 Å². The molecule has 1 aliphatic heterocycles. The minimum Gasteiger partial charge on any atom is -0.457 e. The molecule has 6 heteroatoms. The first-order valence-electron chi connectivity index (χ1n) is 9.80. The molecule has 152 valence electrons. The van der Waals surface area contributed by atoms with Crippen LogP contribution in [0.2, 0.25) is 0 Å². The van der Waals surface area contributed by atoms with Crippen LogP contribution in [0.1, 0.15) is 20.7 Å². The maximum absolute atomic E-state index is 12.5. The van der Waals surface area contributed by atoms with Gasteiger partial charge in [0.2, 0.25) is 0 Å². The van der Waals surface area contributed by atoms with Gasteiger partial charge in [-0.15, -0.1) is 0 Å². The summed E-state index contributed by atoms with van der Waals surface area (Å²) in [6, 6.07) is 23.3.